The Morgan fingerprint density at radius 3 is 2.90 bits per heavy atom. The van der Waals surface area contributed by atoms with Gasteiger partial charge in [-0.2, -0.15) is 0 Å². The summed E-state index contributed by atoms with van der Waals surface area (Å²) in [6, 6.07) is 11.9. The molecular weight excluding hydrogens is 263 g/mol. The molecule has 1 atom stereocenters. The van der Waals surface area contributed by atoms with Gasteiger partial charge in [-0.25, -0.2) is 4.39 Å². The molecule has 2 aromatic rings. The van der Waals surface area contributed by atoms with Crippen LogP contribution in [0.15, 0.2) is 36.4 Å². The van der Waals surface area contributed by atoms with Crippen LogP contribution < -0.4 is 5.73 Å². The van der Waals surface area contributed by atoms with E-state index in [1.165, 1.54) is 22.3 Å². The second-order valence-electron chi connectivity index (χ2n) is 6.10. The van der Waals surface area contributed by atoms with Crippen molar-refractivity contribution >= 4 is 5.69 Å². The Morgan fingerprint density at radius 2 is 2.00 bits per heavy atom. The molecule has 1 aliphatic carbocycles. The molecule has 0 amide bonds. The van der Waals surface area contributed by atoms with Crippen molar-refractivity contribution in [2.45, 2.75) is 31.8 Å². The minimum atomic E-state index is -0.123. The zero-order chi connectivity index (χ0) is 14.4. The molecule has 2 aliphatic rings. The topological polar surface area (TPSA) is 29.3 Å². The van der Waals surface area contributed by atoms with E-state index in [-0.39, 0.29) is 5.82 Å². The normalized spacial score (nSPS) is 21.1. The molecule has 3 heteroatoms. The summed E-state index contributed by atoms with van der Waals surface area (Å²) in [7, 11) is 0. The van der Waals surface area contributed by atoms with Gasteiger partial charge in [0.2, 0.25) is 0 Å². The molecule has 1 heterocycles. The summed E-state index contributed by atoms with van der Waals surface area (Å²) < 4.78 is 13.4. The van der Waals surface area contributed by atoms with Crippen molar-refractivity contribution in [1.29, 1.82) is 0 Å². The zero-order valence-corrected chi connectivity index (χ0v) is 12.0. The van der Waals surface area contributed by atoms with Crippen molar-refractivity contribution in [3.8, 4) is 0 Å². The van der Waals surface area contributed by atoms with Gasteiger partial charge >= 0.3 is 0 Å². The lowest BCUT2D eigenvalue weighted by Gasteiger charge is -2.34. The lowest BCUT2D eigenvalue weighted by atomic mass is 9.95. The number of aryl methyl sites for hydroxylation is 1. The first-order valence-corrected chi connectivity index (χ1v) is 7.61. The quantitative estimate of drug-likeness (QED) is 0.812. The van der Waals surface area contributed by atoms with Gasteiger partial charge < -0.3 is 5.73 Å². The van der Waals surface area contributed by atoms with Crippen LogP contribution in [0.25, 0.3) is 0 Å². The standard InChI is InChI=1S/C18H19FN2/c19-14-5-6-15-13(10-14)4-7-18(15)21-9-8-12-2-1-3-17(20)16(12)11-21/h1-3,5-6,10,18H,4,7-9,11,20H2. The second-order valence-corrected chi connectivity index (χ2v) is 6.10. The van der Waals surface area contributed by atoms with Crippen LogP contribution in [-0.2, 0) is 19.4 Å². The van der Waals surface area contributed by atoms with Crippen LogP contribution in [0.2, 0.25) is 0 Å². The third-order valence-electron chi connectivity index (χ3n) is 4.93. The van der Waals surface area contributed by atoms with Gasteiger partial charge in [0.1, 0.15) is 5.82 Å². The molecule has 0 spiro atoms. The van der Waals surface area contributed by atoms with Crippen molar-refractivity contribution in [3.63, 3.8) is 0 Å². The zero-order valence-electron chi connectivity index (χ0n) is 12.0. The number of hydrogen-bond acceptors (Lipinski definition) is 2. The van der Waals surface area contributed by atoms with Crippen LogP contribution in [0.1, 0.15) is 34.7 Å². The Kier molecular flexibility index (Phi) is 2.96. The van der Waals surface area contributed by atoms with E-state index in [2.05, 4.69) is 11.0 Å². The Balaban J connectivity index is 1.64. The molecule has 0 radical (unpaired) electrons. The number of nitrogens with two attached hydrogens (primary N) is 1. The molecule has 0 saturated heterocycles. The smallest absolute Gasteiger partial charge is 0.123 e. The van der Waals surface area contributed by atoms with Crippen LogP contribution in [-0.4, -0.2) is 11.4 Å². The van der Waals surface area contributed by atoms with Crippen LogP contribution in [0, 0.1) is 5.82 Å². The number of benzene rings is 2. The largest absolute Gasteiger partial charge is 0.398 e. The average Bonchev–Trinajstić information content (AvgIpc) is 2.90. The number of nitrogen functional groups attached to an aromatic ring is 1. The van der Waals surface area contributed by atoms with Crippen molar-refractivity contribution in [1.82, 2.24) is 4.90 Å². The van der Waals surface area contributed by atoms with Gasteiger partial charge in [0.25, 0.3) is 0 Å². The highest BCUT2D eigenvalue weighted by Gasteiger charge is 2.30. The van der Waals surface area contributed by atoms with E-state index < -0.39 is 0 Å². The predicted octanol–water partition coefficient (Wildman–Crippen LogP) is 3.45. The molecule has 2 aromatic carbocycles. The van der Waals surface area contributed by atoms with E-state index >= 15 is 0 Å². The highest BCUT2D eigenvalue weighted by Crippen LogP contribution is 2.39. The summed E-state index contributed by atoms with van der Waals surface area (Å²) in [5.74, 6) is -0.123. The maximum absolute atomic E-state index is 13.4. The van der Waals surface area contributed by atoms with Gasteiger partial charge in [0.05, 0.1) is 0 Å². The molecule has 0 saturated carbocycles. The Morgan fingerprint density at radius 1 is 1.10 bits per heavy atom. The molecule has 1 unspecified atom stereocenters. The number of nitrogens with zero attached hydrogens (tertiary/aromatic N) is 1. The molecule has 2 N–H and O–H groups in total. The number of fused-ring (bicyclic) bond motifs is 2. The number of hydrogen-bond donors (Lipinski definition) is 1. The van der Waals surface area contributed by atoms with Crippen molar-refractivity contribution in [2.24, 2.45) is 0 Å². The van der Waals surface area contributed by atoms with E-state index in [1.54, 1.807) is 12.1 Å². The van der Waals surface area contributed by atoms with Gasteiger partial charge in [-0.05, 0) is 59.7 Å². The fraction of sp³-hybridized carbons (Fsp3) is 0.333. The minimum absolute atomic E-state index is 0.123. The van der Waals surface area contributed by atoms with E-state index in [9.17, 15) is 4.39 Å². The Bertz CT molecular complexity index is 696. The monoisotopic (exact) mass is 282 g/mol. The maximum Gasteiger partial charge on any atom is 0.123 e. The first kappa shape index (κ1) is 12.8. The molecule has 1 aliphatic heterocycles. The van der Waals surface area contributed by atoms with Crippen LogP contribution in [0.5, 0.6) is 0 Å². The summed E-state index contributed by atoms with van der Waals surface area (Å²) in [6.07, 6.45) is 3.11. The number of halogens is 1. The molecule has 0 aromatic heterocycles. The third kappa shape index (κ3) is 2.12. The molecule has 4 rings (SSSR count). The predicted molar refractivity (Wildman–Crippen MR) is 82.4 cm³/mol. The highest BCUT2D eigenvalue weighted by atomic mass is 19.1. The van der Waals surface area contributed by atoms with E-state index in [0.717, 1.165) is 38.0 Å². The summed E-state index contributed by atoms with van der Waals surface area (Å²) >= 11 is 0. The summed E-state index contributed by atoms with van der Waals surface area (Å²) in [5, 5.41) is 0. The first-order valence-electron chi connectivity index (χ1n) is 7.61. The van der Waals surface area contributed by atoms with Gasteiger partial charge in [-0.1, -0.05) is 18.2 Å². The van der Waals surface area contributed by atoms with Crippen molar-refractivity contribution < 1.29 is 4.39 Å². The molecule has 0 fully saturated rings. The number of rotatable bonds is 1. The van der Waals surface area contributed by atoms with Crippen LogP contribution in [0.4, 0.5) is 10.1 Å². The fourth-order valence-electron chi connectivity index (χ4n) is 3.84. The van der Waals surface area contributed by atoms with E-state index in [4.69, 9.17) is 5.73 Å². The molecule has 2 nitrogen and oxygen atoms in total. The number of anilines is 1. The Labute approximate surface area is 124 Å². The van der Waals surface area contributed by atoms with Crippen LogP contribution in [0.3, 0.4) is 0 Å². The van der Waals surface area contributed by atoms with Gasteiger partial charge in [0.15, 0.2) is 0 Å². The van der Waals surface area contributed by atoms with Gasteiger partial charge in [0, 0.05) is 24.8 Å². The summed E-state index contributed by atoms with van der Waals surface area (Å²) in [5.41, 5.74) is 12.2. The molecule has 108 valence electrons. The molecule has 21 heavy (non-hydrogen) atoms. The van der Waals surface area contributed by atoms with E-state index in [0.29, 0.717) is 6.04 Å². The van der Waals surface area contributed by atoms with Crippen LogP contribution >= 0.6 is 0 Å². The second kappa shape index (κ2) is 4.85. The first-order chi connectivity index (χ1) is 10.2. The lowest BCUT2D eigenvalue weighted by Crippen LogP contribution is -2.33. The summed E-state index contributed by atoms with van der Waals surface area (Å²) in [4.78, 5) is 2.50. The SMILES string of the molecule is Nc1cccc2c1CN(C1CCc3cc(F)ccc31)CC2. The van der Waals surface area contributed by atoms with Gasteiger partial charge in [-0.15, -0.1) is 0 Å². The summed E-state index contributed by atoms with van der Waals surface area (Å²) in [6.45, 7) is 1.96. The Hall–Kier alpha value is -1.87. The molecule has 0 bridgehead atoms. The van der Waals surface area contributed by atoms with Crippen molar-refractivity contribution in [2.75, 3.05) is 12.3 Å². The highest BCUT2D eigenvalue weighted by molar-refractivity contribution is 5.52. The third-order valence-corrected chi connectivity index (χ3v) is 4.93. The van der Waals surface area contributed by atoms with E-state index in [1.807, 2.05) is 18.2 Å². The average molecular weight is 282 g/mol. The minimum Gasteiger partial charge on any atom is -0.398 e. The van der Waals surface area contributed by atoms with Gasteiger partial charge in [-0.3, -0.25) is 4.90 Å². The molecular formula is C18H19FN2. The maximum atomic E-state index is 13.4. The lowest BCUT2D eigenvalue weighted by molar-refractivity contribution is 0.179. The van der Waals surface area contributed by atoms with Crippen molar-refractivity contribution in [3.05, 3.63) is 64.5 Å². The fourth-order valence-corrected chi connectivity index (χ4v) is 3.84.